The summed E-state index contributed by atoms with van der Waals surface area (Å²) in [4.78, 5) is 12.5. The zero-order valence-electron chi connectivity index (χ0n) is 16.1. The molecule has 0 spiro atoms. The largest absolute Gasteiger partial charge is 0.492 e. The molecule has 0 unspecified atom stereocenters. The van der Waals surface area contributed by atoms with Crippen molar-refractivity contribution in [1.82, 2.24) is 5.32 Å². The first-order valence-electron chi connectivity index (χ1n) is 8.96. The Morgan fingerprint density at radius 3 is 2.54 bits per heavy atom. The molecule has 150 valence electrons. The van der Waals surface area contributed by atoms with Crippen molar-refractivity contribution in [2.45, 2.75) is 20.0 Å². The highest BCUT2D eigenvalue weighted by Crippen LogP contribution is 2.35. The van der Waals surface area contributed by atoms with E-state index in [-0.39, 0.29) is 19.0 Å². The maximum absolute atomic E-state index is 12.5. The quantitative estimate of drug-likeness (QED) is 0.745. The fraction of sp³-hybridized carbons (Fsp3) is 0.350. The summed E-state index contributed by atoms with van der Waals surface area (Å²) in [6.07, 6.45) is 0.193. The van der Waals surface area contributed by atoms with Gasteiger partial charge in [0, 0.05) is 0 Å². The molecule has 7 nitrogen and oxygen atoms in total. The molecule has 1 aliphatic heterocycles. The average molecular weight is 404 g/mol. The Balaban J connectivity index is 1.61. The van der Waals surface area contributed by atoms with Crippen molar-refractivity contribution < 1.29 is 22.7 Å². The van der Waals surface area contributed by atoms with Crippen LogP contribution in [0.3, 0.4) is 0 Å². The fourth-order valence-electron chi connectivity index (χ4n) is 2.90. The number of nitrogens with zero attached hydrogens (tertiary/aromatic N) is 1. The molecule has 1 amide bonds. The van der Waals surface area contributed by atoms with Crippen molar-refractivity contribution in [3.05, 3.63) is 53.6 Å². The number of carbonyl (C=O) groups is 1. The highest BCUT2D eigenvalue weighted by Gasteiger charge is 2.34. The van der Waals surface area contributed by atoms with Crippen LogP contribution in [-0.2, 0) is 14.8 Å². The Morgan fingerprint density at radius 2 is 1.86 bits per heavy atom. The van der Waals surface area contributed by atoms with Crippen LogP contribution in [0.4, 0.5) is 5.69 Å². The smallest absolute Gasteiger partial charge is 0.263 e. The molecule has 8 heteroatoms. The summed E-state index contributed by atoms with van der Waals surface area (Å²) < 4.78 is 36.9. The molecule has 0 bridgehead atoms. The highest BCUT2D eigenvalue weighted by molar-refractivity contribution is 7.92. The van der Waals surface area contributed by atoms with Crippen LogP contribution in [0.5, 0.6) is 11.5 Å². The van der Waals surface area contributed by atoms with Gasteiger partial charge in [0.25, 0.3) is 5.91 Å². The number of anilines is 1. The third-order valence-corrected chi connectivity index (χ3v) is 5.51. The van der Waals surface area contributed by atoms with Crippen molar-refractivity contribution in [2.75, 3.05) is 30.3 Å². The first-order chi connectivity index (χ1) is 13.2. The number of ether oxygens (including phenoxy) is 2. The molecule has 0 aromatic heterocycles. The summed E-state index contributed by atoms with van der Waals surface area (Å²) in [6, 6.07) is 12.9. The number of amides is 1. The Kier molecular flexibility index (Phi) is 5.79. The van der Waals surface area contributed by atoms with Gasteiger partial charge in [-0.1, -0.05) is 23.8 Å². The molecular weight excluding hydrogens is 380 g/mol. The van der Waals surface area contributed by atoms with Crippen LogP contribution < -0.4 is 19.1 Å². The number of hydrogen-bond donors (Lipinski definition) is 1. The number of benzene rings is 2. The summed E-state index contributed by atoms with van der Waals surface area (Å²) in [5, 5.41) is 2.74. The normalized spacial score (nSPS) is 16.1. The van der Waals surface area contributed by atoms with E-state index in [1.807, 2.05) is 44.2 Å². The average Bonchev–Trinajstić information content (AvgIpc) is 2.64. The number of carbonyl (C=O) groups excluding carboxylic acids is 1. The molecule has 1 N–H and O–H groups in total. The topological polar surface area (TPSA) is 84.9 Å². The second-order valence-electron chi connectivity index (χ2n) is 6.82. The number of aryl methyl sites for hydroxylation is 2. The fourth-order valence-corrected chi connectivity index (χ4v) is 3.81. The van der Waals surface area contributed by atoms with Gasteiger partial charge in [0.2, 0.25) is 10.0 Å². The van der Waals surface area contributed by atoms with Crippen LogP contribution in [-0.4, -0.2) is 46.4 Å². The first-order valence-corrected chi connectivity index (χ1v) is 10.8. The molecule has 0 saturated carbocycles. The Morgan fingerprint density at radius 1 is 1.18 bits per heavy atom. The zero-order valence-corrected chi connectivity index (χ0v) is 17.0. The van der Waals surface area contributed by atoms with Gasteiger partial charge in [-0.15, -0.1) is 0 Å². The van der Waals surface area contributed by atoms with Gasteiger partial charge < -0.3 is 14.8 Å². The third-order valence-electron chi connectivity index (χ3n) is 4.37. The Hall–Kier alpha value is -2.74. The predicted octanol–water partition coefficient (Wildman–Crippen LogP) is 2.03. The van der Waals surface area contributed by atoms with E-state index in [1.54, 1.807) is 12.1 Å². The minimum absolute atomic E-state index is 0.0695. The van der Waals surface area contributed by atoms with Gasteiger partial charge in [-0.2, -0.15) is 0 Å². The van der Waals surface area contributed by atoms with Gasteiger partial charge in [0.15, 0.2) is 6.10 Å². The molecule has 0 fully saturated rings. The first kappa shape index (κ1) is 20.0. The number of sulfonamides is 1. The van der Waals surface area contributed by atoms with Crippen LogP contribution >= 0.6 is 0 Å². The van der Waals surface area contributed by atoms with Crippen molar-refractivity contribution in [3.63, 3.8) is 0 Å². The minimum atomic E-state index is -3.54. The number of hydrogen-bond acceptors (Lipinski definition) is 5. The van der Waals surface area contributed by atoms with Crippen molar-refractivity contribution in [3.8, 4) is 11.5 Å². The molecule has 0 saturated heterocycles. The van der Waals surface area contributed by atoms with Crippen LogP contribution in [0.2, 0.25) is 0 Å². The minimum Gasteiger partial charge on any atom is -0.492 e. The van der Waals surface area contributed by atoms with Crippen LogP contribution in [0.1, 0.15) is 11.1 Å². The van der Waals surface area contributed by atoms with Gasteiger partial charge in [0.1, 0.15) is 18.1 Å². The molecule has 2 aromatic carbocycles. The second kappa shape index (κ2) is 8.10. The molecule has 1 heterocycles. The van der Waals surface area contributed by atoms with E-state index in [1.165, 1.54) is 4.31 Å². The number of rotatable bonds is 6. The monoisotopic (exact) mass is 404 g/mol. The molecule has 2 aromatic rings. The lowest BCUT2D eigenvalue weighted by molar-refractivity contribution is -0.127. The highest BCUT2D eigenvalue weighted by atomic mass is 32.2. The summed E-state index contributed by atoms with van der Waals surface area (Å²) in [7, 11) is -3.54. The van der Waals surface area contributed by atoms with E-state index in [9.17, 15) is 13.2 Å². The van der Waals surface area contributed by atoms with Gasteiger partial charge in [0.05, 0.1) is 25.0 Å². The van der Waals surface area contributed by atoms with Gasteiger partial charge >= 0.3 is 0 Å². The molecular formula is C20H24N2O5S. The molecule has 1 aliphatic rings. The molecule has 0 radical (unpaired) electrons. The number of fused-ring (bicyclic) bond motifs is 1. The lowest BCUT2D eigenvalue weighted by atomic mass is 10.1. The summed E-state index contributed by atoms with van der Waals surface area (Å²) in [6.45, 7) is 4.38. The molecule has 28 heavy (non-hydrogen) atoms. The van der Waals surface area contributed by atoms with E-state index in [0.29, 0.717) is 18.0 Å². The van der Waals surface area contributed by atoms with E-state index in [4.69, 9.17) is 9.47 Å². The Bertz CT molecular complexity index is 957. The van der Waals surface area contributed by atoms with E-state index in [2.05, 4.69) is 5.32 Å². The Labute approximate surface area is 165 Å². The second-order valence-corrected chi connectivity index (χ2v) is 8.73. The summed E-state index contributed by atoms with van der Waals surface area (Å²) >= 11 is 0. The van der Waals surface area contributed by atoms with Crippen LogP contribution in [0.15, 0.2) is 42.5 Å². The molecule has 3 rings (SSSR count). The molecule has 0 aliphatic carbocycles. The predicted molar refractivity (Wildman–Crippen MR) is 107 cm³/mol. The maximum Gasteiger partial charge on any atom is 0.263 e. The van der Waals surface area contributed by atoms with Crippen LogP contribution in [0.25, 0.3) is 0 Å². The van der Waals surface area contributed by atoms with Gasteiger partial charge in [-0.3, -0.25) is 9.10 Å². The van der Waals surface area contributed by atoms with Crippen LogP contribution in [0, 0.1) is 13.8 Å². The summed E-state index contributed by atoms with van der Waals surface area (Å²) in [5.74, 6) is 0.715. The summed E-state index contributed by atoms with van der Waals surface area (Å²) in [5.41, 5.74) is 2.50. The number of nitrogens with one attached hydrogen (secondary N) is 1. The maximum atomic E-state index is 12.5. The van der Waals surface area contributed by atoms with E-state index in [0.717, 1.165) is 23.1 Å². The van der Waals surface area contributed by atoms with Crippen molar-refractivity contribution in [2.24, 2.45) is 0 Å². The van der Waals surface area contributed by atoms with Gasteiger partial charge in [-0.05, 0) is 43.7 Å². The SMILES string of the molecule is Cc1ccc(OCCNC(=O)[C@@H]2CN(S(C)(=O)=O)c3cc(C)ccc3O2)cc1. The lowest BCUT2D eigenvalue weighted by Crippen LogP contribution is -2.51. The third kappa shape index (κ3) is 4.75. The lowest BCUT2D eigenvalue weighted by Gasteiger charge is -2.34. The van der Waals surface area contributed by atoms with Crippen molar-refractivity contribution >= 4 is 21.6 Å². The van der Waals surface area contributed by atoms with E-state index < -0.39 is 16.1 Å². The zero-order chi connectivity index (χ0) is 20.3. The molecule has 1 atom stereocenters. The van der Waals surface area contributed by atoms with E-state index >= 15 is 0 Å². The standard InChI is InChI=1S/C20H24N2O5S/c1-14-4-7-16(8-5-14)26-11-10-21-20(23)19-13-22(28(3,24)25)17-12-15(2)6-9-18(17)27-19/h4-9,12,19H,10-11,13H2,1-3H3,(H,21,23)/t19-/m0/s1. The van der Waals surface area contributed by atoms with Crippen molar-refractivity contribution in [1.29, 1.82) is 0 Å². The van der Waals surface area contributed by atoms with Gasteiger partial charge in [-0.25, -0.2) is 8.42 Å².